The zero-order valence-electron chi connectivity index (χ0n) is 15.6. The number of amides is 1. The molecule has 142 valence electrons. The average Bonchev–Trinajstić information content (AvgIpc) is 3.28. The lowest BCUT2D eigenvalue weighted by molar-refractivity contribution is -0.0379. The molecular formula is C18H22N6O3. The maximum Gasteiger partial charge on any atom is 0.276 e. The van der Waals surface area contributed by atoms with Crippen LogP contribution in [0.3, 0.4) is 0 Å². The molecule has 4 rings (SSSR count). The van der Waals surface area contributed by atoms with Crippen LogP contribution in [0.1, 0.15) is 35.8 Å². The molecule has 3 aromatic rings. The van der Waals surface area contributed by atoms with Crippen molar-refractivity contribution >= 4 is 11.4 Å². The first-order chi connectivity index (χ1) is 12.9. The maximum absolute atomic E-state index is 12.9. The van der Waals surface area contributed by atoms with Gasteiger partial charge in [-0.2, -0.15) is 5.10 Å². The van der Waals surface area contributed by atoms with Crippen molar-refractivity contribution in [3.63, 3.8) is 0 Å². The highest BCUT2D eigenvalue weighted by atomic mass is 16.5. The Morgan fingerprint density at radius 3 is 2.78 bits per heavy atom. The summed E-state index contributed by atoms with van der Waals surface area (Å²) in [5.74, 6) is 0.201. The number of methoxy groups -OCH3 is 1. The third-order valence-electron chi connectivity index (χ3n) is 5.43. The normalized spacial score (nSPS) is 16.8. The van der Waals surface area contributed by atoms with Gasteiger partial charge in [0.2, 0.25) is 5.95 Å². The zero-order valence-corrected chi connectivity index (χ0v) is 15.6. The quantitative estimate of drug-likeness (QED) is 0.746. The number of rotatable bonds is 3. The van der Waals surface area contributed by atoms with E-state index in [2.05, 4.69) is 22.1 Å². The van der Waals surface area contributed by atoms with Crippen molar-refractivity contribution in [3.8, 4) is 5.95 Å². The van der Waals surface area contributed by atoms with Gasteiger partial charge in [0.25, 0.3) is 11.5 Å². The molecule has 0 aliphatic carbocycles. The second-order valence-electron chi connectivity index (χ2n) is 7.12. The van der Waals surface area contributed by atoms with Crippen LogP contribution in [0, 0.1) is 6.92 Å². The number of likely N-dealkylation sites (tertiary alicyclic amines) is 1. The van der Waals surface area contributed by atoms with E-state index >= 15 is 0 Å². The second-order valence-corrected chi connectivity index (χ2v) is 7.12. The van der Waals surface area contributed by atoms with Crippen LogP contribution < -0.4 is 5.56 Å². The molecule has 0 radical (unpaired) electrons. The predicted octanol–water partition coefficient (Wildman–Crippen LogP) is 1.16. The van der Waals surface area contributed by atoms with Crippen LogP contribution in [0.15, 0.2) is 29.3 Å². The second kappa shape index (κ2) is 6.34. The fourth-order valence-electron chi connectivity index (χ4n) is 3.42. The highest BCUT2D eigenvalue weighted by Gasteiger charge is 2.33. The number of carbonyl (C=O) groups excluding carboxylic acids is 1. The van der Waals surface area contributed by atoms with E-state index in [9.17, 15) is 9.59 Å². The molecule has 4 heterocycles. The lowest BCUT2D eigenvalue weighted by atomic mass is 9.93. The summed E-state index contributed by atoms with van der Waals surface area (Å²) in [5, 5.41) is 8.64. The lowest BCUT2D eigenvalue weighted by Crippen LogP contribution is -2.46. The highest BCUT2D eigenvalue weighted by Crippen LogP contribution is 2.26. The smallest absolute Gasteiger partial charge is 0.276 e. The number of aromatic amines is 1. The van der Waals surface area contributed by atoms with Gasteiger partial charge in [0.15, 0.2) is 0 Å². The molecule has 1 saturated heterocycles. The minimum Gasteiger partial charge on any atom is -0.378 e. The van der Waals surface area contributed by atoms with Crippen LogP contribution in [0.25, 0.3) is 11.5 Å². The van der Waals surface area contributed by atoms with E-state index in [1.54, 1.807) is 32.4 Å². The van der Waals surface area contributed by atoms with E-state index in [4.69, 9.17) is 4.74 Å². The Morgan fingerprint density at radius 1 is 1.33 bits per heavy atom. The standard InChI is InChI=1S/C18H22N6O3/c1-12-13(16(26)22-9-6-18(2,27-3)7-10-22)11-19-24(12)17-20-15(25)14-5-4-8-23(14)21-17/h4-5,8,11H,6-7,9-10H2,1-3H3,(H,20,21,25). The molecule has 9 nitrogen and oxygen atoms in total. The minimum absolute atomic E-state index is 0.0682. The fraction of sp³-hybridized carbons (Fsp3) is 0.444. The third-order valence-corrected chi connectivity index (χ3v) is 5.43. The van der Waals surface area contributed by atoms with Gasteiger partial charge >= 0.3 is 0 Å². The van der Waals surface area contributed by atoms with Gasteiger partial charge in [-0.25, -0.2) is 9.20 Å². The Bertz CT molecular complexity index is 1050. The summed E-state index contributed by atoms with van der Waals surface area (Å²) in [6.45, 7) is 5.14. The van der Waals surface area contributed by atoms with Crippen LogP contribution in [-0.2, 0) is 4.74 Å². The molecule has 1 amide bonds. The van der Waals surface area contributed by atoms with Crippen molar-refractivity contribution in [2.45, 2.75) is 32.3 Å². The van der Waals surface area contributed by atoms with Gasteiger partial charge in [-0.15, -0.1) is 5.10 Å². The van der Waals surface area contributed by atoms with Crippen molar-refractivity contribution in [3.05, 3.63) is 46.1 Å². The highest BCUT2D eigenvalue weighted by molar-refractivity contribution is 5.95. The molecule has 0 aromatic carbocycles. The van der Waals surface area contributed by atoms with Gasteiger partial charge in [-0.05, 0) is 38.8 Å². The molecule has 9 heteroatoms. The van der Waals surface area contributed by atoms with Gasteiger partial charge < -0.3 is 9.64 Å². The number of hydrogen-bond acceptors (Lipinski definition) is 5. The topological polar surface area (TPSA) is 97.5 Å². The summed E-state index contributed by atoms with van der Waals surface area (Å²) in [5.41, 5.74) is 1.16. The largest absolute Gasteiger partial charge is 0.378 e. The molecule has 1 fully saturated rings. The number of piperidine rings is 1. The average molecular weight is 370 g/mol. The summed E-state index contributed by atoms with van der Waals surface area (Å²) >= 11 is 0. The number of nitrogens with one attached hydrogen (secondary N) is 1. The molecule has 0 saturated carbocycles. The van der Waals surface area contributed by atoms with E-state index in [1.165, 1.54) is 15.4 Å². The van der Waals surface area contributed by atoms with Gasteiger partial charge in [-0.3, -0.25) is 14.6 Å². The third kappa shape index (κ3) is 2.93. The van der Waals surface area contributed by atoms with Crippen molar-refractivity contribution in [1.82, 2.24) is 29.3 Å². The summed E-state index contributed by atoms with van der Waals surface area (Å²) < 4.78 is 8.52. The number of nitrogens with zero attached hydrogens (tertiary/aromatic N) is 5. The molecule has 1 aliphatic heterocycles. The van der Waals surface area contributed by atoms with E-state index in [0.29, 0.717) is 29.9 Å². The van der Waals surface area contributed by atoms with E-state index in [-0.39, 0.29) is 23.0 Å². The molecule has 0 unspecified atom stereocenters. The summed E-state index contributed by atoms with van der Waals surface area (Å²) in [6, 6.07) is 3.43. The number of ether oxygens (including phenoxy) is 1. The van der Waals surface area contributed by atoms with E-state index < -0.39 is 0 Å². The first kappa shape index (κ1) is 17.5. The number of H-pyrrole nitrogens is 1. The Kier molecular flexibility index (Phi) is 4.11. The Labute approximate surface area is 155 Å². The minimum atomic E-state index is -0.261. The van der Waals surface area contributed by atoms with Gasteiger partial charge in [0, 0.05) is 26.4 Å². The number of aromatic nitrogens is 5. The first-order valence-electron chi connectivity index (χ1n) is 8.89. The van der Waals surface area contributed by atoms with Crippen molar-refractivity contribution in [2.75, 3.05) is 20.2 Å². The molecule has 27 heavy (non-hydrogen) atoms. The molecule has 0 spiro atoms. The van der Waals surface area contributed by atoms with Crippen LogP contribution in [-0.4, -0.2) is 61.0 Å². The SMILES string of the molecule is COC1(C)CCN(C(=O)c2cnn(-c3nn4cccc4c(=O)[nH]3)c2C)CC1. The molecule has 1 N–H and O–H groups in total. The van der Waals surface area contributed by atoms with Crippen LogP contribution in [0.2, 0.25) is 0 Å². The van der Waals surface area contributed by atoms with Gasteiger partial charge in [-0.1, -0.05) is 0 Å². The number of hydrogen-bond donors (Lipinski definition) is 1. The zero-order chi connectivity index (χ0) is 19.2. The van der Waals surface area contributed by atoms with Crippen LogP contribution in [0.5, 0.6) is 0 Å². The number of carbonyl (C=O) groups is 1. The molecule has 0 atom stereocenters. The van der Waals surface area contributed by atoms with Crippen LogP contribution >= 0.6 is 0 Å². The van der Waals surface area contributed by atoms with Gasteiger partial charge in [0.1, 0.15) is 5.52 Å². The first-order valence-corrected chi connectivity index (χ1v) is 8.89. The summed E-state index contributed by atoms with van der Waals surface area (Å²) in [6.07, 6.45) is 4.81. The maximum atomic E-state index is 12.9. The van der Waals surface area contributed by atoms with Crippen molar-refractivity contribution < 1.29 is 9.53 Å². The molecule has 3 aromatic heterocycles. The fourth-order valence-corrected chi connectivity index (χ4v) is 3.42. The Hall–Kier alpha value is -2.94. The monoisotopic (exact) mass is 370 g/mol. The summed E-state index contributed by atoms with van der Waals surface area (Å²) in [4.78, 5) is 29.7. The predicted molar refractivity (Wildman–Crippen MR) is 98.2 cm³/mol. The molecular weight excluding hydrogens is 348 g/mol. The van der Waals surface area contributed by atoms with Crippen LogP contribution in [0.4, 0.5) is 0 Å². The van der Waals surface area contributed by atoms with E-state index in [0.717, 1.165) is 12.8 Å². The number of fused-ring (bicyclic) bond motifs is 1. The van der Waals surface area contributed by atoms with Gasteiger partial charge in [0.05, 0.1) is 23.1 Å². The summed E-state index contributed by atoms with van der Waals surface area (Å²) in [7, 11) is 1.71. The Balaban J connectivity index is 1.62. The van der Waals surface area contributed by atoms with E-state index in [1.807, 2.05) is 4.90 Å². The lowest BCUT2D eigenvalue weighted by Gasteiger charge is -2.38. The molecule has 0 bridgehead atoms. The Morgan fingerprint density at radius 2 is 2.07 bits per heavy atom. The van der Waals surface area contributed by atoms with Crippen molar-refractivity contribution in [1.29, 1.82) is 0 Å². The molecule has 1 aliphatic rings. The van der Waals surface area contributed by atoms with Crippen molar-refractivity contribution in [2.24, 2.45) is 0 Å².